The molecular formula is C27H38N2O3. The SMILES string of the molecule is CCC1(O)CCC(N2CCCC(/C(=N\COC)c3ccc4cc(OC)ccc4c3)C2)CC1. The minimum Gasteiger partial charge on any atom is -0.497 e. The molecule has 1 saturated carbocycles. The number of hydrogen-bond acceptors (Lipinski definition) is 5. The van der Waals surface area contributed by atoms with Crippen molar-refractivity contribution in [1.82, 2.24) is 4.90 Å². The standard InChI is InChI=1S/C27H38N2O3/c1-4-27(30)13-11-24(12-14-27)29-15-5-6-23(18-29)26(28-19-31-2)22-8-7-21-17-25(32-3)10-9-20(21)16-22/h7-10,16-17,23-24,30H,4-6,11-15,18-19H2,1-3H3/b28-26-. The molecule has 5 nitrogen and oxygen atoms in total. The largest absolute Gasteiger partial charge is 0.497 e. The third kappa shape index (κ3) is 5.16. The molecule has 2 aromatic rings. The third-order valence-electron chi connectivity index (χ3n) is 7.61. The monoisotopic (exact) mass is 438 g/mol. The average molecular weight is 439 g/mol. The van der Waals surface area contributed by atoms with E-state index in [-0.39, 0.29) is 0 Å². The van der Waals surface area contributed by atoms with Gasteiger partial charge in [0.2, 0.25) is 0 Å². The van der Waals surface area contributed by atoms with Crippen LogP contribution in [0.3, 0.4) is 0 Å². The van der Waals surface area contributed by atoms with Gasteiger partial charge in [0, 0.05) is 31.3 Å². The lowest BCUT2D eigenvalue weighted by molar-refractivity contribution is -0.0269. The third-order valence-corrected chi connectivity index (χ3v) is 7.61. The van der Waals surface area contributed by atoms with E-state index in [4.69, 9.17) is 14.5 Å². The Morgan fingerprint density at radius 1 is 1.09 bits per heavy atom. The van der Waals surface area contributed by atoms with Gasteiger partial charge in [0.1, 0.15) is 12.5 Å². The molecule has 0 aromatic heterocycles. The van der Waals surface area contributed by atoms with E-state index in [9.17, 15) is 5.11 Å². The molecular weight excluding hydrogens is 400 g/mol. The summed E-state index contributed by atoms with van der Waals surface area (Å²) in [5.41, 5.74) is 1.91. The number of piperidine rings is 1. The lowest BCUT2D eigenvalue weighted by atomic mass is 9.79. The molecule has 1 aliphatic carbocycles. The van der Waals surface area contributed by atoms with Crippen molar-refractivity contribution >= 4 is 16.5 Å². The molecule has 1 atom stereocenters. The molecule has 0 bridgehead atoms. The number of aliphatic imine (C=N–C) groups is 1. The van der Waals surface area contributed by atoms with Crippen molar-refractivity contribution in [3.8, 4) is 5.75 Å². The summed E-state index contributed by atoms with van der Waals surface area (Å²) in [6.07, 6.45) is 7.26. The summed E-state index contributed by atoms with van der Waals surface area (Å²) in [6.45, 7) is 4.69. The minimum atomic E-state index is -0.440. The van der Waals surface area contributed by atoms with E-state index in [1.54, 1.807) is 14.2 Å². The number of fused-ring (bicyclic) bond motifs is 1. The molecule has 1 saturated heterocycles. The number of nitrogens with zero attached hydrogens (tertiary/aromatic N) is 2. The summed E-state index contributed by atoms with van der Waals surface area (Å²) in [4.78, 5) is 7.56. The summed E-state index contributed by atoms with van der Waals surface area (Å²) in [6, 6.07) is 13.4. The zero-order valence-corrected chi connectivity index (χ0v) is 19.8. The molecule has 1 unspecified atom stereocenters. The molecule has 1 aliphatic heterocycles. The highest BCUT2D eigenvalue weighted by atomic mass is 16.5. The maximum Gasteiger partial charge on any atom is 0.137 e. The van der Waals surface area contributed by atoms with E-state index in [1.165, 1.54) is 22.8 Å². The lowest BCUT2D eigenvalue weighted by Crippen LogP contribution is -2.48. The quantitative estimate of drug-likeness (QED) is 0.616. The number of hydrogen-bond donors (Lipinski definition) is 1. The Kier molecular flexibility index (Phi) is 7.49. The van der Waals surface area contributed by atoms with Crippen LogP contribution in [0.5, 0.6) is 5.75 Å². The van der Waals surface area contributed by atoms with E-state index >= 15 is 0 Å². The zero-order chi connectivity index (χ0) is 22.6. The van der Waals surface area contributed by atoms with Gasteiger partial charge in [-0.25, -0.2) is 0 Å². The van der Waals surface area contributed by atoms with Gasteiger partial charge in [-0.1, -0.05) is 25.1 Å². The molecule has 1 heterocycles. The number of ether oxygens (including phenoxy) is 2. The summed E-state index contributed by atoms with van der Waals surface area (Å²) in [5.74, 6) is 1.28. The van der Waals surface area contributed by atoms with Gasteiger partial charge in [-0.3, -0.25) is 9.89 Å². The molecule has 2 aliphatic rings. The van der Waals surface area contributed by atoms with Gasteiger partial charge < -0.3 is 14.6 Å². The molecule has 0 spiro atoms. The van der Waals surface area contributed by atoms with Crippen LogP contribution in [-0.2, 0) is 4.74 Å². The van der Waals surface area contributed by atoms with E-state index in [1.807, 2.05) is 6.07 Å². The van der Waals surface area contributed by atoms with Crippen LogP contribution in [0.4, 0.5) is 0 Å². The maximum atomic E-state index is 10.6. The van der Waals surface area contributed by atoms with Crippen molar-refractivity contribution < 1.29 is 14.6 Å². The Morgan fingerprint density at radius 2 is 1.84 bits per heavy atom. The molecule has 1 N–H and O–H groups in total. The average Bonchev–Trinajstić information content (AvgIpc) is 2.84. The molecule has 32 heavy (non-hydrogen) atoms. The fraction of sp³-hybridized carbons (Fsp3) is 0.593. The first-order chi connectivity index (χ1) is 15.5. The number of benzene rings is 2. The van der Waals surface area contributed by atoms with Crippen LogP contribution in [0, 0.1) is 5.92 Å². The van der Waals surface area contributed by atoms with E-state index in [2.05, 4.69) is 42.2 Å². The first-order valence-corrected chi connectivity index (χ1v) is 12.1. The highest BCUT2D eigenvalue weighted by Gasteiger charge is 2.36. The van der Waals surface area contributed by atoms with Crippen molar-refractivity contribution in [3.05, 3.63) is 42.0 Å². The zero-order valence-electron chi connectivity index (χ0n) is 19.8. The smallest absolute Gasteiger partial charge is 0.137 e. The second-order valence-electron chi connectivity index (χ2n) is 9.53. The number of rotatable bonds is 7. The van der Waals surface area contributed by atoms with Crippen LogP contribution in [0.1, 0.15) is 57.4 Å². The van der Waals surface area contributed by atoms with Gasteiger partial charge >= 0.3 is 0 Å². The maximum absolute atomic E-state index is 10.6. The van der Waals surface area contributed by atoms with Crippen molar-refractivity contribution in [2.24, 2.45) is 10.9 Å². The predicted octanol–water partition coefficient (Wildman–Crippen LogP) is 5.04. The van der Waals surface area contributed by atoms with Crippen molar-refractivity contribution in [2.75, 3.05) is 34.0 Å². The van der Waals surface area contributed by atoms with Gasteiger partial charge in [0.25, 0.3) is 0 Å². The van der Waals surface area contributed by atoms with Crippen LogP contribution in [0.2, 0.25) is 0 Å². The van der Waals surface area contributed by atoms with Gasteiger partial charge in [-0.2, -0.15) is 0 Å². The predicted molar refractivity (Wildman–Crippen MR) is 131 cm³/mol. The van der Waals surface area contributed by atoms with Gasteiger partial charge in [0.15, 0.2) is 0 Å². The number of aliphatic hydroxyl groups is 1. The molecule has 5 heteroatoms. The van der Waals surface area contributed by atoms with Gasteiger partial charge in [0.05, 0.1) is 12.7 Å². The lowest BCUT2D eigenvalue weighted by Gasteiger charge is -2.44. The van der Waals surface area contributed by atoms with Crippen molar-refractivity contribution in [1.29, 1.82) is 0 Å². The summed E-state index contributed by atoms with van der Waals surface area (Å²) >= 11 is 0. The summed E-state index contributed by atoms with van der Waals surface area (Å²) < 4.78 is 10.7. The van der Waals surface area contributed by atoms with Crippen LogP contribution < -0.4 is 4.74 Å². The normalized spacial score (nSPS) is 27.6. The minimum absolute atomic E-state index is 0.388. The highest BCUT2D eigenvalue weighted by Crippen LogP contribution is 2.35. The van der Waals surface area contributed by atoms with Gasteiger partial charge in [-0.15, -0.1) is 0 Å². The summed E-state index contributed by atoms with van der Waals surface area (Å²) in [7, 11) is 3.41. The summed E-state index contributed by atoms with van der Waals surface area (Å²) in [5, 5.41) is 13.0. The molecule has 0 amide bonds. The second-order valence-corrected chi connectivity index (χ2v) is 9.53. The van der Waals surface area contributed by atoms with E-state index in [0.29, 0.717) is 18.7 Å². The Morgan fingerprint density at radius 3 is 2.56 bits per heavy atom. The first kappa shape index (κ1) is 23.2. The van der Waals surface area contributed by atoms with Crippen molar-refractivity contribution in [3.63, 3.8) is 0 Å². The topological polar surface area (TPSA) is 54.3 Å². The number of methoxy groups -OCH3 is 2. The highest BCUT2D eigenvalue weighted by molar-refractivity contribution is 6.05. The first-order valence-electron chi connectivity index (χ1n) is 12.1. The fourth-order valence-corrected chi connectivity index (χ4v) is 5.52. The Labute approximate surface area is 192 Å². The molecule has 174 valence electrons. The Balaban J connectivity index is 1.53. The Bertz CT molecular complexity index is 934. The van der Waals surface area contributed by atoms with E-state index < -0.39 is 5.60 Å². The van der Waals surface area contributed by atoms with Gasteiger partial charge in [-0.05, 0) is 86.0 Å². The molecule has 4 rings (SSSR count). The van der Waals surface area contributed by atoms with Crippen LogP contribution in [0.25, 0.3) is 10.8 Å². The van der Waals surface area contributed by atoms with Crippen LogP contribution in [-0.4, -0.2) is 61.4 Å². The van der Waals surface area contributed by atoms with E-state index in [0.717, 1.165) is 63.1 Å². The fourth-order valence-electron chi connectivity index (χ4n) is 5.52. The van der Waals surface area contributed by atoms with Crippen LogP contribution in [0.15, 0.2) is 41.4 Å². The van der Waals surface area contributed by atoms with Crippen molar-refractivity contribution in [2.45, 2.75) is 63.5 Å². The molecule has 2 aromatic carbocycles. The Hall–Kier alpha value is -1.95. The second kappa shape index (κ2) is 10.3. The number of likely N-dealkylation sites (tertiary alicyclic amines) is 1. The molecule has 0 radical (unpaired) electrons. The van der Waals surface area contributed by atoms with Crippen LogP contribution >= 0.6 is 0 Å². The molecule has 2 fully saturated rings.